The number of rotatable bonds is 8. The van der Waals surface area contributed by atoms with Crippen molar-refractivity contribution in [2.75, 3.05) is 33.8 Å². The lowest BCUT2D eigenvalue weighted by Crippen LogP contribution is -2.51. The highest BCUT2D eigenvalue weighted by Crippen LogP contribution is 2.36. The van der Waals surface area contributed by atoms with E-state index in [0.29, 0.717) is 12.0 Å². The van der Waals surface area contributed by atoms with E-state index in [-0.39, 0.29) is 5.54 Å². The molecule has 1 fully saturated rings. The van der Waals surface area contributed by atoms with Crippen molar-refractivity contribution in [3.8, 4) is 0 Å². The first-order chi connectivity index (χ1) is 12.7. The van der Waals surface area contributed by atoms with Gasteiger partial charge >= 0.3 is 0 Å². The lowest BCUT2D eigenvalue weighted by atomic mass is 9.73. The fourth-order valence-electron chi connectivity index (χ4n) is 4.35. The molecule has 1 saturated heterocycles. The zero-order valence-electron chi connectivity index (χ0n) is 16.4. The minimum absolute atomic E-state index is 0.0684. The summed E-state index contributed by atoms with van der Waals surface area (Å²) in [6.07, 6.45) is 15.7. The summed E-state index contributed by atoms with van der Waals surface area (Å²) in [5, 5.41) is 3.43. The van der Waals surface area contributed by atoms with Crippen molar-refractivity contribution < 1.29 is 4.74 Å². The van der Waals surface area contributed by atoms with Crippen LogP contribution < -0.4 is 5.32 Å². The molecule has 0 bridgehead atoms. The van der Waals surface area contributed by atoms with Crippen LogP contribution in [0.5, 0.6) is 0 Å². The summed E-state index contributed by atoms with van der Waals surface area (Å²) in [4.78, 5) is 2.42. The van der Waals surface area contributed by atoms with E-state index in [2.05, 4.69) is 78.9 Å². The van der Waals surface area contributed by atoms with Gasteiger partial charge in [0.05, 0.1) is 12.7 Å². The first kappa shape index (κ1) is 19.3. The summed E-state index contributed by atoms with van der Waals surface area (Å²) in [5.41, 5.74) is 1.48. The second kappa shape index (κ2) is 9.50. The van der Waals surface area contributed by atoms with Gasteiger partial charge in [-0.05, 0) is 44.8 Å². The summed E-state index contributed by atoms with van der Waals surface area (Å²) in [6.45, 7) is 2.88. The number of benzene rings is 1. The molecule has 3 unspecified atom stereocenters. The van der Waals surface area contributed by atoms with Gasteiger partial charge < -0.3 is 10.1 Å². The molecule has 1 aromatic rings. The quantitative estimate of drug-likeness (QED) is 0.718. The molecule has 2 aliphatic rings. The van der Waals surface area contributed by atoms with Gasteiger partial charge in [-0.1, -0.05) is 67.5 Å². The van der Waals surface area contributed by atoms with Gasteiger partial charge in [-0.15, -0.1) is 0 Å². The van der Waals surface area contributed by atoms with Crippen molar-refractivity contribution in [2.24, 2.45) is 5.92 Å². The zero-order chi connectivity index (χ0) is 18.2. The molecule has 0 amide bonds. The molecule has 1 aromatic carbocycles. The van der Waals surface area contributed by atoms with Crippen LogP contribution in [0, 0.1) is 5.92 Å². The van der Waals surface area contributed by atoms with Gasteiger partial charge in [0.2, 0.25) is 0 Å². The smallest absolute Gasteiger partial charge is 0.0700 e. The predicted molar refractivity (Wildman–Crippen MR) is 109 cm³/mol. The van der Waals surface area contributed by atoms with Crippen molar-refractivity contribution in [3.05, 3.63) is 60.2 Å². The zero-order valence-corrected chi connectivity index (χ0v) is 16.4. The van der Waals surface area contributed by atoms with Gasteiger partial charge in [0, 0.05) is 18.6 Å². The van der Waals surface area contributed by atoms with Crippen molar-refractivity contribution in [1.29, 1.82) is 0 Å². The molecule has 3 rings (SSSR count). The number of morpholine rings is 1. The molecule has 0 aromatic heterocycles. The molecule has 0 radical (unpaired) electrons. The Hall–Kier alpha value is -1.42. The largest absolute Gasteiger partial charge is 0.376 e. The van der Waals surface area contributed by atoms with E-state index in [1.54, 1.807) is 0 Å². The Morgan fingerprint density at radius 1 is 1.12 bits per heavy atom. The van der Waals surface area contributed by atoms with Crippen molar-refractivity contribution in [3.63, 3.8) is 0 Å². The fourth-order valence-corrected chi connectivity index (χ4v) is 4.35. The predicted octanol–water partition coefficient (Wildman–Crippen LogP) is 3.82. The van der Waals surface area contributed by atoms with Crippen LogP contribution in [0.1, 0.15) is 31.2 Å². The van der Waals surface area contributed by atoms with Crippen LogP contribution in [-0.4, -0.2) is 50.3 Å². The van der Waals surface area contributed by atoms with Gasteiger partial charge in [0.15, 0.2) is 0 Å². The van der Waals surface area contributed by atoms with Gasteiger partial charge in [0.1, 0.15) is 0 Å². The molecule has 3 nitrogen and oxygen atoms in total. The van der Waals surface area contributed by atoms with Crippen LogP contribution in [0.15, 0.2) is 54.6 Å². The maximum Gasteiger partial charge on any atom is 0.0700 e. The number of nitrogens with zero attached hydrogens (tertiary/aromatic N) is 1. The Labute approximate surface area is 159 Å². The van der Waals surface area contributed by atoms with Crippen LogP contribution in [0.3, 0.4) is 0 Å². The van der Waals surface area contributed by atoms with E-state index in [1.165, 1.54) is 31.2 Å². The molecule has 142 valence electrons. The summed E-state index contributed by atoms with van der Waals surface area (Å²) in [5.74, 6) is 0.549. The summed E-state index contributed by atoms with van der Waals surface area (Å²) < 4.78 is 5.83. The Morgan fingerprint density at radius 2 is 1.92 bits per heavy atom. The molecule has 0 spiro atoms. The molecule has 1 aliphatic carbocycles. The molecule has 1 heterocycles. The second-order valence-corrected chi connectivity index (χ2v) is 7.88. The molecular weight excluding hydrogens is 320 g/mol. The lowest BCUT2D eigenvalue weighted by Gasteiger charge is -2.44. The standard InChI is InChI=1S/C23H34N2O/c1-25(2)23(18-20-10-4-3-5-11-20)15-9-8-13-21(23)12-6-7-14-22-19-24-16-17-26-22/h3-5,8-11,13,15,21-22,24H,6-7,12,14,16-19H2,1-2H3. The van der Waals surface area contributed by atoms with Crippen molar-refractivity contribution >= 4 is 0 Å². The molecular formula is C23H34N2O. The average Bonchev–Trinajstić information content (AvgIpc) is 2.68. The number of allylic oxidation sites excluding steroid dienone is 2. The highest BCUT2D eigenvalue weighted by atomic mass is 16.5. The van der Waals surface area contributed by atoms with E-state index in [9.17, 15) is 0 Å². The maximum absolute atomic E-state index is 5.83. The Morgan fingerprint density at radius 3 is 2.65 bits per heavy atom. The Kier molecular flexibility index (Phi) is 7.07. The molecule has 3 heteroatoms. The topological polar surface area (TPSA) is 24.5 Å². The SMILES string of the molecule is CN(C)C1(Cc2ccccc2)C=CC=CC1CCCCC1CNCCO1. The first-order valence-electron chi connectivity index (χ1n) is 10.1. The highest BCUT2D eigenvalue weighted by molar-refractivity contribution is 5.29. The van der Waals surface area contributed by atoms with Crippen molar-refractivity contribution in [1.82, 2.24) is 10.2 Å². The Bertz CT molecular complexity index is 589. The number of ether oxygens (including phenoxy) is 1. The third-order valence-electron chi connectivity index (χ3n) is 5.94. The minimum Gasteiger partial charge on any atom is -0.376 e. The summed E-state index contributed by atoms with van der Waals surface area (Å²) >= 11 is 0. The molecule has 26 heavy (non-hydrogen) atoms. The first-order valence-corrected chi connectivity index (χ1v) is 10.1. The van der Waals surface area contributed by atoms with Crippen LogP contribution in [-0.2, 0) is 11.2 Å². The number of hydrogen-bond acceptors (Lipinski definition) is 3. The molecule has 1 aliphatic heterocycles. The maximum atomic E-state index is 5.83. The van der Waals surface area contributed by atoms with E-state index in [1.807, 2.05) is 0 Å². The van der Waals surface area contributed by atoms with Crippen LogP contribution in [0.2, 0.25) is 0 Å². The van der Waals surface area contributed by atoms with Crippen molar-refractivity contribution in [2.45, 2.75) is 43.7 Å². The number of unbranched alkanes of at least 4 members (excludes halogenated alkanes) is 1. The summed E-state index contributed by atoms with van der Waals surface area (Å²) in [6, 6.07) is 10.9. The van der Waals surface area contributed by atoms with Crippen LogP contribution in [0.4, 0.5) is 0 Å². The Balaban J connectivity index is 1.59. The lowest BCUT2D eigenvalue weighted by molar-refractivity contribution is 0.0216. The second-order valence-electron chi connectivity index (χ2n) is 7.88. The molecule has 1 N–H and O–H groups in total. The van der Waals surface area contributed by atoms with Crippen LogP contribution in [0.25, 0.3) is 0 Å². The van der Waals surface area contributed by atoms with E-state index < -0.39 is 0 Å². The molecule has 0 saturated carbocycles. The normalized spacial score (nSPS) is 28.6. The molecule has 3 atom stereocenters. The highest BCUT2D eigenvalue weighted by Gasteiger charge is 2.38. The van der Waals surface area contributed by atoms with E-state index >= 15 is 0 Å². The third-order valence-corrected chi connectivity index (χ3v) is 5.94. The van der Waals surface area contributed by atoms with Gasteiger partial charge in [-0.25, -0.2) is 0 Å². The minimum atomic E-state index is 0.0684. The van der Waals surface area contributed by atoms with Gasteiger partial charge in [-0.2, -0.15) is 0 Å². The number of likely N-dealkylation sites (N-methyl/N-ethyl adjacent to an activating group) is 1. The van der Waals surface area contributed by atoms with Gasteiger partial charge in [0.25, 0.3) is 0 Å². The monoisotopic (exact) mass is 354 g/mol. The fraction of sp³-hybridized carbons (Fsp3) is 0.565. The van der Waals surface area contributed by atoms with E-state index in [4.69, 9.17) is 4.74 Å². The van der Waals surface area contributed by atoms with Crippen LogP contribution >= 0.6 is 0 Å². The van der Waals surface area contributed by atoms with E-state index in [0.717, 1.165) is 26.1 Å². The van der Waals surface area contributed by atoms with Gasteiger partial charge in [-0.3, -0.25) is 4.90 Å². The third kappa shape index (κ3) is 4.85. The summed E-state index contributed by atoms with van der Waals surface area (Å²) in [7, 11) is 4.45. The number of nitrogens with one attached hydrogen (secondary N) is 1. The number of hydrogen-bond donors (Lipinski definition) is 1. The average molecular weight is 355 g/mol.